The standard InChI is InChI=1S/C9H7F3INO2/c1-2-16-9(15)6-4(10)3-5(7(11)12)14-8(6)13/h3,7H,2H2,1H3. The van der Waals surface area contributed by atoms with Gasteiger partial charge in [-0.2, -0.15) is 0 Å². The van der Waals surface area contributed by atoms with Crippen molar-refractivity contribution < 1.29 is 22.7 Å². The molecule has 7 heteroatoms. The van der Waals surface area contributed by atoms with Crippen LogP contribution in [0, 0.1) is 9.52 Å². The zero-order chi connectivity index (χ0) is 12.3. The zero-order valence-corrected chi connectivity index (χ0v) is 10.3. The summed E-state index contributed by atoms with van der Waals surface area (Å²) in [5.74, 6) is -1.95. The average molecular weight is 345 g/mol. The molecule has 0 saturated carbocycles. The van der Waals surface area contributed by atoms with E-state index in [9.17, 15) is 18.0 Å². The molecule has 88 valence electrons. The van der Waals surface area contributed by atoms with Crippen LogP contribution in [-0.4, -0.2) is 17.6 Å². The Hall–Kier alpha value is -0.860. The van der Waals surface area contributed by atoms with Crippen LogP contribution in [0.2, 0.25) is 0 Å². The summed E-state index contributed by atoms with van der Waals surface area (Å²) < 4.78 is 42.3. The lowest BCUT2D eigenvalue weighted by Crippen LogP contribution is -2.12. The highest BCUT2D eigenvalue weighted by molar-refractivity contribution is 14.1. The lowest BCUT2D eigenvalue weighted by molar-refractivity contribution is 0.0518. The fourth-order valence-corrected chi connectivity index (χ4v) is 1.76. The van der Waals surface area contributed by atoms with Gasteiger partial charge in [0.25, 0.3) is 6.43 Å². The summed E-state index contributed by atoms with van der Waals surface area (Å²) in [5, 5.41) is 0. The van der Waals surface area contributed by atoms with Crippen molar-refractivity contribution in [3.63, 3.8) is 0 Å². The van der Waals surface area contributed by atoms with Gasteiger partial charge in [0.15, 0.2) is 0 Å². The first-order valence-corrected chi connectivity index (χ1v) is 5.36. The summed E-state index contributed by atoms with van der Waals surface area (Å²) in [5.41, 5.74) is -1.11. The number of esters is 1. The van der Waals surface area contributed by atoms with Gasteiger partial charge in [-0.1, -0.05) is 0 Å². The van der Waals surface area contributed by atoms with Crippen LogP contribution in [0.1, 0.15) is 29.4 Å². The molecular weight excluding hydrogens is 338 g/mol. The minimum Gasteiger partial charge on any atom is -0.462 e. The number of aromatic nitrogens is 1. The average Bonchev–Trinajstić information content (AvgIpc) is 2.16. The first kappa shape index (κ1) is 13.2. The van der Waals surface area contributed by atoms with Crippen LogP contribution >= 0.6 is 22.6 Å². The molecule has 0 amide bonds. The van der Waals surface area contributed by atoms with E-state index < -0.39 is 29.5 Å². The van der Waals surface area contributed by atoms with E-state index in [0.717, 1.165) is 0 Å². The first-order valence-electron chi connectivity index (χ1n) is 4.28. The molecular formula is C9H7F3INO2. The molecule has 16 heavy (non-hydrogen) atoms. The van der Waals surface area contributed by atoms with Gasteiger partial charge in [0.1, 0.15) is 20.8 Å². The number of carbonyl (C=O) groups excluding carboxylic acids is 1. The van der Waals surface area contributed by atoms with Gasteiger partial charge < -0.3 is 4.74 Å². The van der Waals surface area contributed by atoms with E-state index in [2.05, 4.69) is 9.72 Å². The number of hydrogen-bond acceptors (Lipinski definition) is 3. The van der Waals surface area contributed by atoms with Crippen molar-refractivity contribution >= 4 is 28.6 Å². The lowest BCUT2D eigenvalue weighted by Gasteiger charge is -2.07. The second-order valence-electron chi connectivity index (χ2n) is 2.72. The summed E-state index contributed by atoms with van der Waals surface area (Å²) in [6, 6.07) is 0.541. The largest absolute Gasteiger partial charge is 0.462 e. The van der Waals surface area contributed by atoms with E-state index in [-0.39, 0.29) is 10.3 Å². The third-order valence-corrected chi connectivity index (χ3v) is 2.43. The molecule has 3 nitrogen and oxygen atoms in total. The van der Waals surface area contributed by atoms with Crippen LogP contribution in [0.3, 0.4) is 0 Å². The summed E-state index contributed by atoms with van der Waals surface area (Å²) in [6.07, 6.45) is -2.88. The highest BCUT2D eigenvalue weighted by atomic mass is 127. The quantitative estimate of drug-likeness (QED) is 0.480. The molecule has 0 aliphatic rings. The van der Waals surface area contributed by atoms with Crippen molar-refractivity contribution in [2.75, 3.05) is 6.61 Å². The number of rotatable bonds is 3. The molecule has 0 atom stereocenters. The second kappa shape index (κ2) is 5.46. The van der Waals surface area contributed by atoms with Crippen LogP contribution in [0.25, 0.3) is 0 Å². The molecule has 1 aromatic heterocycles. The Balaban J connectivity index is 3.17. The fraction of sp³-hybridized carbons (Fsp3) is 0.333. The minimum atomic E-state index is -2.88. The van der Waals surface area contributed by atoms with Crippen molar-refractivity contribution in [2.45, 2.75) is 13.3 Å². The normalized spacial score (nSPS) is 10.6. The Morgan fingerprint density at radius 3 is 2.69 bits per heavy atom. The van der Waals surface area contributed by atoms with Crippen molar-refractivity contribution in [3.05, 3.63) is 26.8 Å². The molecule has 1 aromatic rings. The fourth-order valence-electron chi connectivity index (χ4n) is 0.999. The highest BCUT2D eigenvalue weighted by Crippen LogP contribution is 2.22. The smallest absolute Gasteiger partial charge is 0.343 e. The topological polar surface area (TPSA) is 39.2 Å². The molecule has 0 saturated heterocycles. The second-order valence-corrected chi connectivity index (χ2v) is 3.74. The maximum absolute atomic E-state index is 13.4. The molecule has 0 aliphatic carbocycles. The minimum absolute atomic E-state index is 0.0744. The molecule has 0 unspecified atom stereocenters. The predicted octanol–water partition coefficient (Wildman–Crippen LogP) is 2.94. The van der Waals surface area contributed by atoms with Gasteiger partial charge in [-0.05, 0) is 29.5 Å². The maximum atomic E-state index is 13.4. The van der Waals surface area contributed by atoms with Crippen LogP contribution < -0.4 is 0 Å². The number of carbonyl (C=O) groups is 1. The third-order valence-electron chi connectivity index (χ3n) is 1.65. The van der Waals surface area contributed by atoms with Gasteiger partial charge >= 0.3 is 5.97 Å². The number of hydrogen-bond donors (Lipinski definition) is 0. The van der Waals surface area contributed by atoms with Crippen LogP contribution in [0.15, 0.2) is 6.07 Å². The Labute approximate surface area is 103 Å². The van der Waals surface area contributed by atoms with Crippen LogP contribution in [0.5, 0.6) is 0 Å². The van der Waals surface area contributed by atoms with E-state index >= 15 is 0 Å². The van der Waals surface area contributed by atoms with Crippen molar-refractivity contribution in [3.8, 4) is 0 Å². The molecule has 1 heterocycles. The van der Waals surface area contributed by atoms with Gasteiger partial charge in [0.2, 0.25) is 0 Å². The zero-order valence-electron chi connectivity index (χ0n) is 8.14. The Morgan fingerprint density at radius 2 is 2.25 bits per heavy atom. The van der Waals surface area contributed by atoms with Crippen molar-refractivity contribution in [1.82, 2.24) is 4.98 Å². The number of pyridine rings is 1. The summed E-state index contributed by atoms with van der Waals surface area (Å²) >= 11 is 1.51. The molecule has 0 aromatic carbocycles. The third kappa shape index (κ3) is 2.83. The molecule has 0 fully saturated rings. The predicted molar refractivity (Wildman–Crippen MR) is 57.8 cm³/mol. The molecule has 1 rings (SSSR count). The molecule has 0 radical (unpaired) electrons. The van der Waals surface area contributed by atoms with Gasteiger partial charge in [0.05, 0.1) is 6.61 Å². The number of alkyl halides is 2. The molecule has 0 spiro atoms. The van der Waals surface area contributed by atoms with E-state index in [4.69, 9.17) is 0 Å². The number of ether oxygens (including phenoxy) is 1. The van der Waals surface area contributed by atoms with Gasteiger partial charge in [-0.3, -0.25) is 0 Å². The van der Waals surface area contributed by atoms with Crippen LogP contribution in [-0.2, 0) is 4.74 Å². The molecule has 0 N–H and O–H groups in total. The van der Waals surface area contributed by atoms with Gasteiger partial charge in [-0.25, -0.2) is 22.9 Å². The molecule has 0 aliphatic heterocycles. The SMILES string of the molecule is CCOC(=O)c1c(F)cc(C(F)F)nc1I. The summed E-state index contributed by atoms with van der Waals surface area (Å²) in [6.45, 7) is 1.63. The highest BCUT2D eigenvalue weighted by Gasteiger charge is 2.22. The summed E-state index contributed by atoms with van der Waals surface area (Å²) in [4.78, 5) is 14.7. The number of halogens is 4. The Bertz CT molecular complexity index is 389. The van der Waals surface area contributed by atoms with E-state index in [1.165, 1.54) is 22.6 Å². The maximum Gasteiger partial charge on any atom is 0.343 e. The number of nitrogens with zero attached hydrogens (tertiary/aromatic N) is 1. The Kier molecular flexibility index (Phi) is 4.51. The van der Waals surface area contributed by atoms with Crippen molar-refractivity contribution in [2.24, 2.45) is 0 Å². The van der Waals surface area contributed by atoms with Gasteiger partial charge in [-0.15, -0.1) is 0 Å². The van der Waals surface area contributed by atoms with E-state index in [1.807, 2.05) is 0 Å². The van der Waals surface area contributed by atoms with E-state index in [0.29, 0.717) is 6.07 Å². The van der Waals surface area contributed by atoms with Crippen LogP contribution in [0.4, 0.5) is 13.2 Å². The first-order chi connectivity index (χ1) is 7.47. The lowest BCUT2D eigenvalue weighted by atomic mass is 10.2. The van der Waals surface area contributed by atoms with Gasteiger partial charge in [0, 0.05) is 6.07 Å². The van der Waals surface area contributed by atoms with E-state index in [1.54, 1.807) is 6.92 Å². The monoisotopic (exact) mass is 345 g/mol. The Morgan fingerprint density at radius 1 is 1.62 bits per heavy atom. The summed E-state index contributed by atoms with van der Waals surface area (Å²) in [7, 11) is 0. The van der Waals surface area contributed by atoms with Crippen molar-refractivity contribution in [1.29, 1.82) is 0 Å². The molecule has 0 bridgehead atoms.